The highest BCUT2D eigenvalue weighted by Gasteiger charge is 2.31. The van der Waals surface area contributed by atoms with E-state index in [2.05, 4.69) is 15.6 Å². The minimum absolute atomic E-state index is 0.199. The van der Waals surface area contributed by atoms with Crippen molar-refractivity contribution in [3.05, 3.63) is 76.2 Å². The average Bonchev–Trinajstić information content (AvgIpc) is 2.74. The summed E-state index contributed by atoms with van der Waals surface area (Å²) in [6, 6.07) is 7.87. The highest BCUT2D eigenvalue weighted by molar-refractivity contribution is 7.80. The first-order valence-electron chi connectivity index (χ1n) is 9.43. The number of nitrogens with zero attached hydrogens (tertiary/aromatic N) is 1. The van der Waals surface area contributed by atoms with Crippen molar-refractivity contribution in [1.29, 1.82) is 0 Å². The standard InChI is InChI=1S/C22H20ClN3O4S/c1-3-29-21(28)19-13(2)25-22(31)26-20(19)15-5-6-17(16(23)12-15)30-18(27)7-4-14-8-10-24-11-9-14/h4-12,20H,3H2,1-2H3,(H2,25,26,31)/b7-4+. The molecule has 7 nitrogen and oxygen atoms in total. The summed E-state index contributed by atoms with van der Waals surface area (Å²) in [7, 11) is 0. The Bertz CT molecular complexity index is 1070. The van der Waals surface area contributed by atoms with Gasteiger partial charge in [0.2, 0.25) is 0 Å². The van der Waals surface area contributed by atoms with Crippen molar-refractivity contribution < 1.29 is 19.1 Å². The maximum atomic E-state index is 12.5. The molecule has 1 atom stereocenters. The number of thiocarbonyl (C=S) groups is 1. The fourth-order valence-corrected chi connectivity index (χ4v) is 3.48. The third-order valence-electron chi connectivity index (χ3n) is 4.38. The van der Waals surface area contributed by atoms with Crippen LogP contribution in [0.5, 0.6) is 5.75 Å². The molecule has 1 aromatic heterocycles. The summed E-state index contributed by atoms with van der Waals surface area (Å²) in [5, 5.41) is 6.59. The topological polar surface area (TPSA) is 89.5 Å². The Hall–Kier alpha value is -3.23. The van der Waals surface area contributed by atoms with Gasteiger partial charge < -0.3 is 20.1 Å². The molecule has 160 valence electrons. The lowest BCUT2D eigenvalue weighted by Gasteiger charge is -2.30. The summed E-state index contributed by atoms with van der Waals surface area (Å²) in [6.45, 7) is 3.73. The molecule has 2 N–H and O–H groups in total. The van der Waals surface area contributed by atoms with Crippen LogP contribution in [0, 0.1) is 0 Å². The van der Waals surface area contributed by atoms with Crippen molar-refractivity contribution in [2.45, 2.75) is 19.9 Å². The number of rotatable bonds is 6. The molecule has 9 heteroatoms. The molecule has 0 radical (unpaired) electrons. The molecular weight excluding hydrogens is 438 g/mol. The predicted molar refractivity (Wildman–Crippen MR) is 121 cm³/mol. The van der Waals surface area contributed by atoms with Crippen LogP contribution in [0.1, 0.15) is 31.0 Å². The number of hydrogen-bond acceptors (Lipinski definition) is 6. The molecule has 1 unspecified atom stereocenters. The Morgan fingerprint density at radius 3 is 2.68 bits per heavy atom. The second-order valence-corrected chi connectivity index (χ2v) is 7.33. The Morgan fingerprint density at radius 2 is 2.00 bits per heavy atom. The van der Waals surface area contributed by atoms with Gasteiger partial charge in [-0.3, -0.25) is 4.98 Å². The molecule has 2 aromatic rings. The summed E-state index contributed by atoms with van der Waals surface area (Å²) in [5.41, 5.74) is 2.48. The normalized spacial score (nSPS) is 16.0. The van der Waals surface area contributed by atoms with Crippen LogP contribution in [-0.2, 0) is 14.3 Å². The minimum Gasteiger partial charge on any atom is -0.463 e. The highest BCUT2D eigenvalue weighted by Crippen LogP contribution is 2.33. The van der Waals surface area contributed by atoms with Gasteiger partial charge in [-0.25, -0.2) is 9.59 Å². The summed E-state index contributed by atoms with van der Waals surface area (Å²) in [6.07, 6.45) is 6.17. The quantitative estimate of drug-likeness (QED) is 0.294. The second kappa shape index (κ2) is 10.2. The largest absolute Gasteiger partial charge is 0.463 e. The number of carbonyl (C=O) groups is 2. The van der Waals surface area contributed by atoms with Crippen molar-refractivity contribution >= 4 is 46.9 Å². The van der Waals surface area contributed by atoms with Crippen LogP contribution in [0.2, 0.25) is 5.02 Å². The molecule has 0 bridgehead atoms. The first kappa shape index (κ1) is 22.5. The molecule has 0 aliphatic carbocycles. The molecule has 31 heavy (non-hydrogen) atoms. The maximum Gasteiger partial charge on any atom is 0.338 e. The first-order chi connectivity index (χ1) is 14.9. The zero-order chi connectivity index (χ0) is 22.4. The number of aromatic nitrogens is 1. The molecule has 1 aliphatic heterocycles. The molecular formula is C22H20ClN3O4S. The van der Waals surface area contributed by atoms with E-state index in [1.807, 2.05) is 0 Å². The van der Waals surface area contributed by atoms with E-state index in [9.17, 15) is 9.59 Å². The molecule has 1 aromatic carbocycles. The van der Waals surface area contributed by atoms with Gasteiger partial charge in [0.15, 0.2) is 5.11 Å². The van der Waals surface area contributed by atoms with E-state index in [1.54, 1.807) is 62.6 Å². The lowest BCUT2D eigenvalue weighted by molar-refractivity contribution is -0.139. The van der Waals surface area contributed by atoms with E-state index >= 15 is 0 Å². The van der Waals surface area contributed by atoms with Gasteiger partial charge in [-0.05, 0) is 67.5 Å². The SMILES string of the molecule is CCOC(=O)C1=C(C)NC(=S)NC1c1ccc(OC(=O)/C=C/c2ccncc2)c(Cl)c1. The van der Waals surface area contributed by atoms with Crippen molar-refractivity contribution in [2.24, 2.45) is 0 Å². The lowest BCUT2D eigenvalue weighted by Crippen LogP contribution is -2.45. The second-order valence-electron chi connectivity index (χ2n) is 6.52. The number of benzene rings is 1. The molecule has 0 fully saturated rings. The number of ether oxygens (including phenoxy) is 2. The Morgan fingerprint density at radius 1 is 1.26 bits per heavy atom. The molecule has 3 rings (SSSR count). The molecule has 0 amide bonds. The van der Waals surface area contributed by atoms with Crippen LogP contribution in [0.25, 0.3) is 6.08 Å². The van der Waals surface area contributed by atoms with Crippen LogP contribution in [0.3, 0.4) is 0 Å². The molecule has 0 saturated carbocycles. The average molecular weight is 458 g/mol. The minimum atomic E-state index is -0.574. The fourth-order valence-electron chi connectivity index (χ4n) is 2.98. The zero-order valence-corrected chi connectivity index (χ0v) is 18.4. The van der Waals surface area contributed by atoms with Gasteiger partial charge in [0.05, 0.1) is 23.2 Å². The molecule has 1 aliphatic rings. The summed E-state index contributed by atoms with van der Waals surface area (Å²) in [4.78, 5) is 28.5. The highest BCUT2D eigenvalue weighted by atomic mass is 35.5. The van der Waals surface area contributed by atoms with Crippen LogP contribution in [-0.4, -0.2) is 28.6 Å². The Balaban J connectivity index is 1.80. The van der Waals surface area contributed by atoms with Gasteiger partial charge in [0.1, 0.15) is 5.75 Å². The number of esters is 2. The summed E-state index contributed by atoms with van der Waals surface area (Å²) >= 11 is 11.6. The maximum absolute atomic E-state index is 12.5. The van der Waals surface area contributed by atoms with Gasteiger partial charge in [0, 0.05) is 24.2 Å². The molecule has 2 heterocycles. The monoisotopic (exact) mass is 457 g/mol. The van der Waals surface area contributed by atoms with Gasteiger partial charge >= 0.3 is 11.9 Å². The van der Waals surface area contributed by atoms with Crippen LogP contribution in [0.4, 0.5) is 0 Å². The number of pyridine rings is 1. The van der Waals surface area contributed by atoms with E-state index in [-0.39, 0.29) is 17.4 Å². The van der Waals surface area contributed by atoms with Crippen molar-refractivity contribution in [3.8, 4) is 5.75 Å². The summed E-state index contributed by atoms with van der Waals surface area (Å²) in [5.74, 6) is -0.833. The number of halogens is 1. The third kappa shape index (κ3) is 5.68. The molecule has 0 saturated heterocycles. The fraction of sp³-hybridized carbons (Fsp3) is 0.182. The van der Waals surface area contributed by atoms with E-state index in [0.29, 0.717) is 21.9 Å². The number of hydrogen-bond donors (Lipinski definition) is 2. The van der Waals surface area contributed by atoms with Gasteiger partial charge in [0.25, 0.3) is 0 Å². The number of allylic oxidation sites excluding steroid dienone is 1. The predicted octanol–water partition coefficient (Wildman–Crippen LogP) is 3.71. The Labute approximate surface area is 190 Å². The van der Waals surface area contributed by atoms with Crippen molar-refractivity contribution in [2.75, 3.05) is 6.61 Å². The van der Waals surface area contributed by atoms with Crippen LogP contribution in [0.15, 0.2) is 60.1 Å². The van der Waals surface area contributed by atoms with Gasteiger partial charge in [-0.15, -0.1) is 0 Å². The molecule has 0 spiro atoms. The van der Waals surface area contributed by atoms with E-state index < -0.39 is 18.0 Å². The van der Waals surface area contributed by atoms with E-state index in [4.69, 9.17) is 33.3 Å². The zero-order valence-electron chi connectivity index (χ0n) is 16.8. The van der Waals surface area contributed by atoms with Gasteiger partial charge in [-0.2, -0.15) is 0 Å². The van der Waals surface area contributed by atoms with Crippen molar-refractivity contribution in [1.82, 2.24) is 15.6 Å². The smallest absolute Gasteiger partial charge is 0.338 e. The lowest BCUT2D eigenvalue weighted by atomic mass is 9.95. The Kier molecular flexibility index (Phi) is 7.38. The van der Waals surface area contributed by atoms with Crippen LogP contribution < -0.4 is 15.4 Å². The summed E-state index contributed by atoms with van der Waals surface area (Å²) < 4.78 is 10.5. The number of carbonyl (C=O) groups excluding carboxylic acids is 2. The number of nitrogens with one attached hydrogen (secondary N) is 2. The third-order valence-corrected chi connectivity index (χ3v) is 4.90. The van der Waals surface area contributed by atoms with E-state index in [0.717, 1.165) is 5.56 Å². The first-order valence-corrected chi connectivity index (χ1v) is 10.2. The van der Waals surface area contributed by atoms with E-state index in [1.165, 1.54) is 6.08 Å². The van der Waals surface area contributed by atoms with Crippen molar-refractivity contribution in [3.63, 3.8) is 0 Å². The van der Waals surface area contributed by atoms with Gasteiger partial charge in [-0.1, -0.05) is 17.7 Å². The van der Waals surface area contributed by atoms with Crippen LogP contribution >= 0.6 is 23.8 Å².